The number of hydrogen-bond donors (Lipinski definition) is 1. The van der Waals surface area contributed by atoms with Gasteiger partial charge in [-0.2, -0.15) is 0 Å². The number of thiazole rings is 1. The summed E-state index contributed by atoms with van der Waals surface area (Å²) in [5.41, 5.74) is 8.31. The van der Waals surface area contributed by atoms with E-state index in [-0.39, 0.29) is 0 Å². The molecule has 0 unspecified atom stereocenters. The quantitative estimate of drug-likeness (QED) is 0.549. The van der Waals surface area contributed by atoms with Crippen molar-refractivity contribution >= 4 is 17.2 Å². The second-order valence-corrected chi connectivity index (χ2v) is 2.86. The number of aliphatic imine (C=N–C) groups is 1. The molecule has 0 amide bonds. The molecule has 0 saturated carbocycles. The lowest BCUT2D eigenvalue weighted by molar-refractivity contribution is 0.992. The van der Waals surface area contributed by atoms with Gasteiger partial charge in [-0.1, -0.05) is 6.92 Å². The molecule has 0 aliphatic carbocycles. The van der Waals surface area contributed by atoms with E-state index in [1.165, 1.54) is 0 Å². The fourth-order valence-corrected chi connectivity index (χ4v) is 1.16. The summed E-state index contributed by atoms with van der Waals surface area (Å²) in [7, 11) is 0. The first-order chi connectivity index (χ1) is 5.33. The third kappa shape index (κ3) is 2.67. The summed E-state index contributed by atoms with van der Waals surface area (Å²) in [4.78, 5) is 8.20. The molecule has 2 N–H and O–H groups in total. The maximum absolute atomic E-state index is 5.52. The molecule has 0 fully saturated rings. The van der Waals surface area contributed by atoms with Gasteiger partial charge in [-0.3, -0.25) is 4.99 Å². The normalized spacial score (nSPS) is 11.9. The lowest BCUT2D eigenvalue weighted by Gasteiger charge is -1.92. The third-order valence-electron chi connectivity index (χ3n) is 1.29. The van der Waals surface area contributed by atoms with Crippen LogP contribution in [0.15, 0.2) is 15.9 Å². The van der Waals surface area contributed by atoms with Crippen LogP contribution in [-0.4, -0.2) is 10.8 Å². The van der Waals surface area contributed by atoms with Crippen LogP contribution >= 0.6 is 11.3 Å². The number of nitrogens with zero attached hydrogens (tertiary/aromatic N) is 2. The summed E-state index contributed by atoms with van der Waals surface area (Å²) < 4.78 is 0. The highest BCUT2D eigenvalue weighted by Crippen LogP contribution is 2.01. The van der Waals surface area contributed by atoms with E-state index in [0.717, 1.165) is 12.1 Å². The fraction of sp³-hybridized carbons (Fsp3) is 0.429. The van der Waals surface area contributed by atoms with Gasteiger partial charge in [0.15, 0.2) is 0 Å². The molecule has 0 aliphatic heterocycles. The molecule has 0 aliphatic rings. The molecular weight excluding hydrogens is 158 g/mol. The van der Waals surface area contributed by atoms with Gasteiger partial charge in [-0.25, -0.2) is 4.98 Å². The lowest BCUT2D eigenvalue weighted by Crippen LogP contribution is -2.09. The number of nitrogens with two attached hydrogens (primary N) is 1. The van der Waals surface area contributed by atoms with Crippen LogP contribution in [0.1, 0.15) is 19.0 Å². The highest BCUT2D eigenvalue weighted by molar-refractivity contribution is 7.07. The van der Waals surface area contributed by atoms with Gasteiger partial charge in [0.2, 0.25) is 0 Å². The van der Waals surface area contributed by atoms with Gasteiger partial charge < -0.3 is 5.73 Å². The molecular formula is C7H11N3S. The molecule has 1 heterocycles. The Morgan fingerprint density at radius 1 is 1.82 bits per heavy atom. The number of aromatic nitrogens is 1. The zero-order chi connectivity index (χ0) is 8.10. The molecule has 4 heteroatoms. The zero-order valence-electron chi connectivity index (χ0n) is 6.45. The Bertz CT molecular complexity index is 228. The highest BCUT2D eigenvalue weighted by atomic mass is 32.1. The predicted molar refractivity (Wildman–Crippen MR) is 47.7 cm³/mol. The van der Waals surface area contributed by atoms with E-state index >= 15 is 0 Å². The first-order valence-corrected chi connectivity index (χ1v) is 4.43. The number of amidine groups is 1. The maximum atomic E-state index is 5.52. The van der Waals surface area contributed by atoms with Crippen LogP contribution in [0.4, 0.5) is 0 Å². The van der Waals surface area contributed by atoms with Crippen molar-refractivity contribution in [3.8, 4) is 0 Å². The standard InChI is InChI=1S/C7H11N3S/c1-2-7(8)9-3-6-4-11-5-10-6/h4-5H,2-3H2,1H3,(H2,8,9). The predicted octanol–water partition coefficient (Wildman–Crippen LogP) is 1.41. The van der Waals surface area contributed by atoms with Gasteiger partial charge in [0.05, 0.1) is 23.6 Å². The minimum absolute atomic E-state index is 0.614. The Hall–Kier alpha value is -0.900. The van der Waals surface area contributed by atoms with Crippen LogP contribution in [-0.2, 0) is 6.54 Å². The van der Waals surface area contributed by atoms with E-state index in [1.807, 2.05) is 12.3 Å². The smallest absolute Gasteiger partial charge is 0.0939 e. The van der Waals surface area contributed by atoms with Crippen molar-refractivity contribution in [2.24, 2.45) is 10.7 Å². The molecule has 3 nitrogen and oxygen atoms in total. The number of hydrogen-bond acceptors (Lipinski definition) is 3. The average Bonchev–Trinajstić information content (AvgIpc) is 2.52. The fourth-order valence-electron chi connectivity index (χ4n) is 0.610. The van der Waals surface area contributed by atoms with Crippen molar-refractivity contribution in [1.29, 1.82) is 0 Å². The second kappa shape index (κ2) is 4.08. The Labute approximate surface area is 70.0 Å². The molecule has 1 aromatic heterocycles. The van der Waals surface area contributed by atoms with Gasteiger partial charge in [-0.05, 0) is 0 Å². The summed E-state index contributed by atoms with van der Waals surface area (Å²) >= 11 is 1.58. The van der Waals surface area contributed by atoms with E-state index < -0.39 is 0 Å². The molecule has 0 atom stereocenters. The summed E-state index contributed by atoms with van der Waals surface area (Å²) in [5.74, 6) is 0.693. The van der Waals surface area contributed by atoms with Crippen molar-refractivity contribution in [3.63, 3.8) is 0 Å². The second-order valence-electron chi connectivity index (χ2n) is 2.14. The van der Waals surface area contributed by atoms with Crippen LogP contribution in [0.3, 0.4) is 0 Å². The number of rotatable bonds is 3. The van der Waals surface area contributed by atoms with E-state index in [1.54, 1.807) is 16.8 Å². The summed E-state index contributed by atoms with van der Waals surface area (Å²) in [6.45, 7) is 2.60. The molecule has 1 aromatic rings. The first kappa shape index (κ1) is 8.20. The van der Waals surface area contributed by atoms with Crippen LogP contribution in [0.5, 0.6) is 0 Å². The molecule has 0 spiro atoms. The minimum Gasteiger partial charge on any atom is -0.387 e. The van der Waals surface area contributed by atoms with Gasteiger partial charge in [0.25, 0.3) is 0 Å². The van der Waals surface area contributed by atoms with Crippen LogP contribution in [0.25, 0.3) is 0 Å². The Balaban J connectivity index is 2.45. The molecule has 0 saturated heterocycles. The minimum atomic E-state index is 0.614. The SMILES string of the molecule is CCC(N)=NCc1cscn1. The van der Waals surface area contributed by atoms with Gasteiger partial charge in [0.1, 0.15) is 0 Å². The van der Waals surface area contributed by atoms with E-state index in [9.17, 15) is 0 Å². The molecule has 0 aromatic carbocycles. The third-order valence-corrected chi connectivity index (χ3v) is 1.93. The highest BCUT2D eigenvalue weighted by Gasteiger charge is 1.91. The van der Waals surface area contributed by atoms with E-state index in [0.29, 0.717) is 12.4 Å². The van der Waals surface area contributed by atoms with Gasteiger partial charge in [0, 0.05) is 11.8 Å². The first-order valence-electron chi connectivity index (χ1n) is 3.48. The van der Waals surface area contributed by atoms with Crippen molar-refractivity contribution in [2.75, 3.05) is 0 Å². The lowest BCUT2D eigenvalue weighted by atomic mass is 10.4. The molecule has 1 rings (SSSR count). The van der Waals surface area contributed by atoms with E-state index in [4.69, 9.17) is 5.73 Å². The summed E-state index contributed by atoms with van der Waals surface area (Å²) in [5, 5.41) is 1.98. The van der Waals surface area contributed by atoms with Gasteiger partial charge in [-0.15, -0.1) is 11.3 Å². The average molecular weight is 169 g/mol. The van der Waals surface area contributed by atoms with Gasteiger partial charge >= 0.3 is 0 Å². The molecule has 0 bridgehead atoms. The summed E-state index contributed by atoms with van der Waals surface area (Å²) in [6.07, 6.45) is 0.810. The van der Waals surface area contributed by atoms with Crippen molar-refractivity contribution in [1.82, 2.24) is 4.98 Å². The van der Waals surface area contributed by atoms with Crippen molar-refractivity contribution < 1.29 is 0 Å². The van der Waals surface area contributed by atoms with E-state index in [2.05, 4.69) is 9.98 Å². The van der Waals surface area contributed by atoms with Crippen molar-refractivity contribution in [3.05, 3.63) is 16.6 Å². The molecule has 60 valence electrons. The van der Waals surface area contributed by atoms with Crippen LogP contribution < -0.4 is 5.73 Å². The van der Waals surface area contributed by atoms with Crippen LogP contribution in [0, 0.1) is 0 Å². The van der Waals surface area contributed by atoms with Crippen molar-refractivity contribution in [2.45, 2.75) is 19.9 Å². The summed E-state index contributed by atoms with van der Waals surface area (Å²) in [6, 6.07) is 0. The molecule has 11 heavy (non-hydrogen) atoms. The Morgan fingerprint density at radius 3 is 3.18 bits per heavy atom. The topological polar surface area (TPSA) is 51.3 Å². The molecule has 0 radical (unpaired) electrons. The monoisotopic (exact) mass is 169 g/mol. The maximum Gasteiger partial charge on any atom is 0.0939 e. The van der Waals surface area contributed by atoms with Crippen LogP contribution in [0.2, 0.25) is 0 Å². The zero-order valence-corrected chi connectivity index (χ0v) is 7.27. The Morgan fingerprint density at radius 2 is 2.64 bits per heavy atom. The Kier molecular flexibility index (Phi) is 3.04. The largest absolute Gasteiger partial charge is 0.387 e.